The predicted molar refractivity (Wildman–Crippen MR) is 88.4 cm³/mol. The van der Waals surface area contributed by atoms with Crippen LogP contribution in [0.3, 0.4) is 0 Å². The van der Waals surface area contributed by atoms with E-state index in [1.54, 1.807) is 14.0 Å². The van der Waals surface area contributed by atoms with Crippen LogP contribution in [-0.4, -0.2) is 47.2 Å². The highest BCUT2D eigenvalue weighted by Crippen LogP contribution is 2.20. The van der Waals surface area contributed by atoms with E-state index < -0.39 is 0 Å². The number of piperidine rings is 1. The number of amides is 1. The topological polar surface area (TPSA) is 80.5 Å². The molecule has 0 bridgehead atoms. The molecule has 1 N–H and O–H groups in total. The third kappa shape index (κ3) is 4.11. The Hall–Kier alpha value is -2.41. The smallest absolute Gasteiger partial charge is 0.241 e. The van der Waals surface area contributed by atoms with E-state index in [2.05, 4.69) is 20.4 Å². The van der Waals surface area contributed by atoms with E-state index in [0.717, 1.165) is 37.2 Å². The van der Waals surface area contributed by atoms with Gasteiger partial charge >= 0.3 is 0 Å². The number of carbonyl (C=O) groups excluding carboxylic acids is 1. The molecule has 7 heteroatoms. The highest BCUT2D eigenvalue weighted by molar-refractivity contribution is 5.73. The highest BCUT2D eigenvalue weighted by atomic mass is 16.5. The van der Waals surface area contributed by atoms with Gasteiger partial charge in [0.15, 0.2) is 0 Å². The van der Waals surface area contributed by atoms with Crippen molar-refractivity contribution in [1.29, 1.82) is 0 Å². The lowest BCUT2D eigenvalue weighted by Crippen LogP contribution is -2.46. The van der Waals surface area contributed by atoms with Gasteiger partial charge in [0.05, 0.1) is 13.7 Å². The van der Waals surface area contributed by atoms with Crippen LogP contribution < -0.4 is 10.1 Å². The van der Waals surface area contributed by atoms with Gasteiger partial charge < -0.3 is 14.6 Å². The first-order chi connectivity index (χ1) is 11.6. The number of aromatic nitrogens is 2. The summed E-state index contributed by atoms with van der Waals surface area (Å²) in [5, 5.41) is 7.03. The number of nitrogens with one attached hydrogen (secondary N) is 1. The van der Waals surface area contributed by atoms with Crippen LogP contribution in [0.15, 0.2) is 28.8 Å². The van der Waals surface area contributed by atoms with Gasteiger partial charge in [0.1, 0.15) is 5.75 Å². The van der Waals surface area contributed by atoms with Crippen molar-refractivity contribution in [2.24, 2.45) is 0 Å². The molecule has 1 amide bonds. The molecule has 128 valence electrons. The molecule has 1 unspecified atom stereocenters. The van der Waals surface area contributed by atoms with Gasteiger partial charge in [-0.1, -0.05) is 5.16 Å². The monoisotopic (exact) mass is 330 g/mol. The Morgan fingerprint density at radius 3 is 2.92 bits per heavy atom. The molecular weight excluding hydrogens is 308 g/mol. The maximum Gasteiger partial charge on any atom is 0.241 e. The standard InChI is InChI=1S/C17H22N4O3/c1-12(22)18-14-4-3-9-21(10-14)11-16-19-17(20-24-16)13-5-7-15(23-2)8-6-13/h5-8,14H,3-4,9-11H2,1-2H3,(H,18,22). The molecule has 1 aliphatic rings. The Morgan fingerprint density at radius 2 is 2.21 bits per heavy atom. The Labute approximate surface area is 141 Å². The molecular formula is C17H22N4O3. The number of carbonyl (C=O) groups is 1. The molecule has 1 aliphatic heterocycles. The van der Waals surface area contributed by atoms with E-state index in [9.17, 15) is 4.79 Å². The number of likely N-dealkylation sites (tertiary alicyclic amines) is 1. The second-order valence-electron chi connectivity index (χ2n) is 6.02. The van der Waals surface area contributed by atoms with Gasteiger partial charge in [0, 0.05) is 25.1 Å². The van der Waals surface area contributed by atoms with Crippen LogP contribution in [0.5, 0.6) is 5.75 Å². The molecule has 2 heterocycles. The summed E-state index contributed by atoms with van der Waals surface area (Å²) in [5.41, 5.74) is 0.889. The van der Waals surface area contributed by atoms with E-state index in [-0.39, 0.29) is 11.9 Å². The predicted octanol–water partition coefficient (Wildman–Crippen LogP) is 1.85. The molecule has 0 saturated carbocycles. The van der Waals surface area contributed by atoms with Gasteiger partial charge in [0.25, 0.3) is 0 Å². The molecule has 0 spiro atoms. The number of ether oxygens (including phenoxy) is 1. The van der Waals surface area contributed by atoms with Crippen LogP contribution >= 0.6 is 0 Å². The average molecular weight is 330 g/mol. The normalized spacial score (nSPS) is 18.3. The summed E-state index contributed by atoms with van der Waals surface area (Å²) in [6.07, 6.45) is 2.06. The molecule has 3 rings (SSSR count). The fourth-order valence-electron chi connectivity index (χ4n) is 2.97. The largest absolute Gasteiger partial charge is 0.497 e. The van der Waals surface area contributed by atoms with Crippen LogP contribution in [0.1, 0.15) is 25.7 Å². The third-order valence-corrected chi connectivity index (χ3v) is 4.09. The fraction of sp³-hybridized carbons (Fsp3) is 0.471. The first kappa shape index (κ1) is 16.4. The van der Waals surface area contributed by atoms with E-state index in [1.165, 1.54) is 0 Å². The summed E-state index contributed by atoms with van der Waals surface area (Å²) < 4.78 is 10.5. The summed E-state index contributed by atoms with van der Waals surface area (Å²) in [6, 6.07) is 7.74. The number of nitrogens with zero attached hydrogens (tertiary/aromatic N) is 3. The summed E-state index contributed by atoms with van der Waals surface area (Å²) in [4.78, 5) is 17.9. The number of methoxy groups -OCH3 is 1. The zero-order valence-electron chi connectivity index (χ0n) is 14.0. The minimum Gasteiger partial charge on any atom is -0.497 e. The Balaban J connectivity index is 1.62. The number of benzene rings is 1. The fourth-order valence-corrected chi connectivity index (χ4v) is 2.97. The van der Waals surface area contributed by atoms with Crippen LogP contribution in [0.25, 0.3) is 11.4 Å². The molecule has 7 nitrogen and oxygen atoms in total. The first-order valence-electron chi connectivity index (χ1n) is 8.10. The minimum absolute atomic E-state index is 0.0152. The molecule has 1 aromatic carbocycles. The van der Waals surface area contributed by atoms with E-state index in [0.29, 0.717) is 18.3 Å². The molecule has 2 aromatic rings. The molecule has 0 radical (unpaired) electrons. The van der Waals surface area contributed by atoms with Crippen molar-refractivity contribution >= 4 is 5.91 Å². The van der Waals surface area contributed by atoms with Crippen molar-refractivity contribution in [3.63, 3.8) is 0 Å². The third-order valence-electron chi connectivity index (χ3n) is 4.09. The Kier molecular flexibility index (Phi) is 5.10. The maximum absolute atomic E-state index is 11.2. The van der Waals surface area contributed by atoms with Crippen LogP contribution in [0.4, 0.5) is 0 Å². The van der Waals surface area contributed by atoms with Crippen molar-refractivity contribution in [1.82, 2.24) is 20.4 Å². The van der Waals surface area contributed by atoms with E-state index in [4.69, 9.17) is 9.26 Å². The summed E-state index contributed by atoms with van der Waals surface area (Å²) in [7, 11) is 1.63. The quantitative estimate of drug-likeness (QED) is 0.901. The molecule has 1 saturated heterocycles. The van der Waals surface area contributed by atoms with Crippen molar-refractivity contribution in [2.45, 2.75) is 32.4 Å². The zero-order valence-corrected chi connectivity index (χ0v) is 14.0. The van der Waals surface area contributed by atoms with Gasteiger partial charge in [-0.2, -0.15) is 4.98 Å². The first-order valence-corrected chi connectivity index (χ1v) is 8.10. The Morgan fingerprint density at radius 1 is 1.42 bits per heavy atom. The minimum atomic E-state index is 0.0152. The lowest BCUT2D eigenvalue weighted by Gasteiger charge is -2.31. The molecule has 0 aliphatic carbocycles. The number of hydrogen-bond acceptors (Lipinski definition) is 6. The highest BCUT2D eigenvalue weighted by Gasteiger charge is 2.22. The SMILES string of the molecule is COc1ccc(-c2noc(CN3CCCC(NC(C)=O)C3)n2)cc1. The maximum atomic E-state index is 11.2. The molecule has 1 aromatic heterocycles. The van der Waals surface area contributed by atoms with E-state index >= 15 is 0 Å². The molecule has 24 heavy (non-hydrogen) atoms. The summed E-state index contributed by atoms with van der Waals surface area (Å²) in [6.45, 7) is 3.92. The summed E-state index contributed by atoms with van der Waals surface area (Å²) >= 11 is 0. The van der Waals surface area contributed by atoms with Gasteiger partial charge in [-0.15, -0.1) is 0 Å². The summed E-state index contributed by atoms with van der Waals surface area (Å²) in [5.74, 6) is 1.97. The number of hydrogen-bond donors (Lipinski definition) is 1. The lowest BCUT2D eigenvalue weighted by molar-refractivity contribution is -0.120. The van der Waals surface area contributed by atoms with E-state index in [1.807, 2.05) is 24.3 Å². The Bertz CT molecular complexity index is 683. The molecule has 1 fully saturated rings. The van der Waals surface area contributed by atoms with Crippen LogP contribution in [-0.2, 0) is 11.3 Å². The van der Waals surface area contributed by atoms with Crippen molar-refractivity contribution in [3.05, 3.63) is 30.2 Å². The van der Waals surface area contributed by atoms with Crippen molar-refractivity contribution < 1.29 is 14.1 Å². The van der Waals surface area contributed by atoms with Crippen LogP contribution in [0, 0.1) is 0 Å². The van der Waals surface area contributed by atoms with Crippen molar-refractivity contribution in [3.8, 4) is 17.1 Å². The second kappa shape index (κ2) is 7.44. The van der Waals surface area contributed by atoms with Gasteiger partial charge in [0.2, 0.25) is 17.6 Å². The average Bonchev–Trinajstić information content (AvgIpc) is 3.03. The lowest BCUT2D eigenvalue weighted by atomic mass is 10.1. The zero-order chi connectivity index (χ0) is 16.9. The van der Waals surface area contributed by atoms with Gasteiger partial charge in [-0.3, -0.25) is 9.69 Å². The number of rotatable bonds is 5. The van der Waals surface area contributed by atoms with Gasteiger partial charge in [-0.25, -0.2) is 0 Å². The van der Waals surface area contributed by atoms with Gasteiger partial charge in [-0.05, 0) is 43.7 Å². The van der Waals surface area contributed by atoms with Crippen molar-refractivity contribution in [2.75, 3.05) is 20.2 Å². The molecule has 1 atom stereocenters. The van der Waals surface area contributed by atoms with Crippen LogP contribution in [0.2, 0.25) is 0 Å². The second-order valence-corrected chi connectivity index (χ2v) is 6.02.